The van der Waals surface area contributed by atoms with E-state index in [2.05, 4.69) is 25.8 Å². The lowest BCUT2D eigenvalue weighted by atomic mass is 9.91. The van der Waals surface area contributed by atoms with Crippen molar-refractivity contribution in [2.45, 2.75) is 46.1 Å². The van der Waals surface area contributed by atoms with Crippen LogP contribution in [0, 0.1) is 11.2 Å². The van der Waals surface area contributed by atoms with Crippen molar-refractivity contribution in [3.63, 3.8) is 0 Å². The van der Waals surface area contributed by atoms with Crippen molar-refractivity contribution in [2.24, 2.45) is 5.41 Å². The average Bonchev–Trinajstić information content (AvgIpc) is 3.26. The maximum absolute atomic E-state index is 13.5. The minimum atomic E-state index is -0.266. The van der Waals surface area contributed by atoms with Gasteiger partial charge in [-0.3, -0.25) is 4.79 Å². The summed E-state index contributed by atoms with van der Waals surface area (Å²) in [5.74, 6) is 0.473. The number of fused-ring (bicyclic) bond motifs is 1. The Balaban J connectivity index is 1.63. The Morgan fingerprint density at radius 3 is 2.75 bits per heavy atom. The van der Waals surface area contributed by atoms with Crippen LogP contribution in [0.2, 0.25) is 0 Å². The highest BCUT2D eigenvalue weighted by atomic mass is 19.1. The molecule has 5 heteroatoms. The third kappa shape index (κ3) is 3.79. The molecular weight excluding hydrogens is 355 g/mol. The Kier molecular flexibility index (Phi) is 4.69. The number of carbonyl (C=O) groups excluding carboxylic acids is 1. The Hall–Kier alpha value is -2.69. The van der Waals surface area contributed by atoms with Crippen LogP contribution < -0.4 is 0 Å². The standard InChI is InChI=1S/C23H25FN2O2/c1-23(2,3)14-21(27)26-11-5-8-19(26)22-25-18-13-16(9-10-20(18)28-22)15-6-4-7-17(24)12-15/h4,6-7,9-10,12-13,19H,5,8,11,14H2,1-3H3/t19-/m0/s1. The zero-order valence-electron chi connectivity index (χ0n) is 16.5. The summed E-state index contributed by atoms with van der Waals surface area (Å²) in [7, 11) is 0. The molecule has 4 rings (SSSR count). The summed E-state index contributed by atoms with van der Waals surface area (Å²) in [5.41, 5.74) is 3.05. The summed E-state index contributed by atoms with van der Waals surface area (Å²) >= 11 is 0. The van der Waals surface area contributed by atoms with Gasteiger partial charge in [0.15, 0.2) is 5.58 Å². The molecule has 0 radical (unpaired) electrons. The summed E-state index contributed by atoms with van der Waals surface area (Å²) in [6, 6.07) is 12.1. The molecule has 0 spiro atoms. The molecule has 1 aliphatic rings. The van der Waals surface area contributed by atoms with Crippen LogP contribution >= 0.6 is 0 Å². The number of halogens is 1. The molecule has 1 aromatic heterocycles. The second kappa shape index (κ2) is 7.04. The largest absolute Gasteiger partial charge is 0.438 e. The van der Waals surface area contributed by atoms with Gasteiger partial charge in [0.25, 0.3) is 0 Å². The van der Waals surface area contributed by atoms with Gasteiger partial charge in [-0.05, 0) is 53.6 Å². The molecule has 28 heavy (non-hydrogen) atoms. The van der Waals surface area contributed by atoms with E-state index in [1.807, 2.05) is 29.2 Å². The predicted molar refractivity (Wildman–Crippen MR) is 107 cm³/mol. The van der Waals surface area contributed by atoms with Crippen LogP contribution in [-0.4, -0.2) is 22.3 Å². The fourth-order valence-electron chi connectivity index (χ4n) is 3.81. The highest BCUT2D eigenvalue weighted by Crippen LogP contribution is 2.36. The lowest BCUT2D eigenvalue weighted by Gasteiger charge is -2.26. The fourth-order valence-corrected chi connectivity index (χ4v) is 3.81. The summed E-state index contributed by atoms with van der Waals surface area (Å²) in [6.45, 7) is 6.96. The van der Waals surface area contributed by atoms with E-state index in [1.54, 1.807) is 6.07 Å². The van der Waals surface area contributed by atoms with Crippen molar-refractivity contribution in [1.29, 1.82) is 0 Å². The molecule has 1 aliphatic heterocycles. The molecule has 1 amide bonds. The first kappa shape index (κ1) is 18.7. The third-order valence-corrected chi connectivity index (χ3v) is 5.10. The molecule has 0 saturated carbocycles. The molecule has 146 valence electrons. The van der Waals surface area contributed by atoms with Gasteiger partial charge in [-0.25, -0.2) is 9.37 Å². The maximum atomic E-state index is 13.5. The molecule has 2 heterocycles. The lowest BCUT2D eigenvalue weighted by molar-refractivity contribution is -0.134. The number of carbonyl (C=O) groups is 1. The molecule has 4 nitrogen and oxygen atoms in total. The van der Waals surface area contributed by atoms with Gasteiger partial charge in [0.05, 0.1) is 0 Å². The van der Waals surface area contributed by atoms with Crippen LogP contribution in [0.4, 0.5) is 4.39 Å². The predicted octanol–water partition coefficient (Wildman–Crippen LogP) is 5.73. The number of amides is 1. The molecule has 0 unspecified atom stereocenters. The first-order valence-corrected chi connectivity index (χ1v) is 9.76. The van der Waals surface area contributed by atoms with Crippen LogP contribution in [0.3, 0.4) is 0 Å². The summed E-state index contributed by atoms with van der Waals surface area (Å²) in [4.78, 5) is 19.3. The van der Waals surface area contributed by atoms with Crippen LogP contribution in [0.1, 0.15) is 52.0 Å². The maximum Gasteiger partial charge on any atom is 0.223 e. The van der Waals surface area contributed by atoms with Gasteiger partial charge in [0, 0.05) is 13.0 Å². The van der Waals surface area contributed by atoms with E-state index < -0.39 is 0 Å². The highest BCUT2D eigenvalue weighted by molar-refractivity contribution is 5.81. The second-order valence-electron chi connectivity index (χ2n) is 8.73. The van der Waals surface area contributed by atoms with E-state index in [9.17, 15) is 9.18 Å². The Bertz CT molecular complexity index is 1020. The summed E-state index contributed by atoms with van der Waals surface area (Å²) < 4.78 is 19.5. The van der Waals surface area contributed by atoms with Crippen LogP contribution in [0.25, 0.3) is 22.2 Å². The number of likely N-dealkylation sites (tertiary alicyclic amines) is 1. The Morgan fingerprint density at radius 1 is 1.21 bits per heavy atom. The van der Waals surface area contributed by atoms with Crippen LogP contribution in [0.5, 0.6) is 0 Å². The van der Waals surface area contributed by atoms with Crippen molar-refractivity contribution in [3.05, 3.63) is 54.2 Å². The normalized spacial score (nSPS) is 17.4. The van der Waals surface area contributed by atoms with Gasteiger partial charge in [-0.1, -0.05) is 39.0 Å². The zero-order valence-corrected chi connectivity index (χ0v) is 16.5. The van der Waals surface area contributed by atoms with Gasteiger partial charge in [-0.15, -0.1) is 0 Å². The highest BCUT2D eigenvalue weighted by Gasteiger charge is 2.34. The van der Waals surface area contributed by atoms with E-state index in [4.69, 9.17) is 4.42 Å². The quantitative estimate of drug-likeness (QED) is 0.583. The van der Waals surface area contributed by atoms with Gasteiger partial charge in [0.2, 0.25) is 11.8 Å². The first-order chi connectivity index (χ1) is 13.3. The number of rotatable bonds is 3. The topological polar surface area (TPSA) is 46.3 Å². The molecule has 3 aromatic rings. The molecule has 0 aliphatic carbocycles. The minimum Gasteiger partial charge on any atom is -0.438 e. The van der Waals surface area contributed by atoms with E-state index in [-0.39, 0.29) is 23.2 Å². The number of nitrogens with zero attached hydrogens (tertiary/aromatic N) is 2. The van der Waals surface area contributed by atoms with E-state index in [0.29, 0.717) is 17.9 Å². The Morgan fingerprint density at radius 2 is 2.00 bits per heavy atom. The number of hydrogen-bond donors (Lipinski definition) is 0. The van der Waals surface area contributed by atoms with Crippen molar-refractivity contribution in [1.82, 2.24) is 9.88 Å². The van der Waals surface area contributed by atoms with Gasteiger partial charge < -0.3 is 9.32 Å². The Labute approximate surface area is 164 Å². The number of benzene rings is 2. The van der Waals surface area contributed by atoms with Crippen LogP contribution in [0.15, 0.2) is 46.9 Å². The number of oxazole rings is 1. The third-order valence-electron chi connectivity index (χ3n) is 5.10. The SMILES string of the molecule is CC(C)(C)CC(=O)N1CCC[C@H]1c1nc2cc(-c3cccc(F)c3)ccc2o1. The van der Waals surface area contributed by atoms with E-state index in [0.717, 1.165) is 36.0 Å². The molecule has 1 fully saturated rings. The minimum absolute atomic E-state index is 0.0502. The molecule has 2 aromatic carbocycles. The van der Waals surface area contributed by atoms with Gasteiger partial charge >= 0.3 is 0 Å². The number of aromatic nitrogens is 1. The second-order valence-corrected chi connectivity index (χ2v) is 8.73. The van der Waals surface area contributed by atoms with E-state index in [1.165, 1.54) is 12.1 Å². The van der Waals surface area contributed by atoms with Crippen LogP contribution in [-0.2, 0) is 4.79 Å². The van der Waals surface area contributed by atoms with Crippen molar-refractivity contribution < 1.29 is 13.6 Å². The first-order valence-electron chi connectivity index (χ1n) is 9.76. The number of hydrogen-bond acceptors (Lipinski definition) is 3. The molecule has 0 N–H and O–H groups in total. The van der Waals surface area contributed by atoms with Crippen molar-refractivity contribution in [3.8, 4) is 11.1 Å². The zero-order chi connectivity index (χ0) is 19.9. The average molecular weight is 380 g/mol. The lowest BCUT2D eigenvalue weighted by Crippen LogP contribution is -2.33. The molecule has 1 atom stereocenters. The van der Waals surface area contributed by atoms with Gasteiger partial charge in [0.1, 0.15) is 17.4 Å². The molecular formula is C23H25FN2O2. The molecule has 1 saturated heterocycles. The summed E-state index contributed by atoms with van der Waals surface area (Å²) in [5, 5.41) is 0. The fraction of sp³-hybridized carbons (Fsp3) is 0.391. The monoisotopic (exact) mass is 380 g/mol. The summed E-state index contributed by atoms with van der Waals surface area (Å²) in [6.07, 6.45) is 2.32. The smallest absolute Gasteiger partial charge is 0.223 e. The van der Waals surface area contributed by atoms with Crippen molar-refractivity contribution in [2.75, 3.05) is 6.54 Å². The van der Waals surface area contributed by atoms with Crippen molar-refractivity contribution >= 4 is 17.0 Å². The van der Waals surface area contributed by atoms with Gasteiger partial charge in [-0.2, -0.15) is 0 Å². The van der Waals surface area contributed by atoms with E-state index >= 15 is 0 Å². The molecule has 0 bridgehead atoms.